The fourth-order valence-corrected chi connectivity index (χ4v) is 4.29. The second-order valence-corrected chi connectivity index (χ2v) is 8.60. The second-order valence-electron chi connectivity index (χ2n) is 7.32. The Bertz CT molecular complexity index is 1350. The third-order valence-corrected chi connectivity index (χ3v) is 6.01. The van der Waals surface area contributed by atoms with Crippen molar-refractivity contribution in [3.63, 3.8) is 0 Å². The number of allylic oxidation sites excluding steroid dienone is 2. The Kier molecular flexibility index (Phi) is 7.91. The van der Waals surface area contributed by atoms with Crippen LogP contribution in [0.1, 0.15) is 20.9 Å². The van der Waals surface area contributed by atoms with Gasteiger partial charge in [-0.3, -0.25) is 9.78 Å². The van der Waals surface area contributed by atoms with Gasteiger partial charge in [0.15, 0.2) is 0 Å². The molecule has 3 nitrogen and oxygen atoms in total. The molecule has 2 aromatic carbocycles. The van der Waals surface area contributed by atoms with E-state index < -0.39 is 11.7 Å². The maximum absolute atomic E-state index is 12.9. The Morgan fingerprint density at radius 2 is 1.79 bits per heavy atom. The minimum absolute atomic E-state index is 0. The van der Waals surface area contributed by atoms with E-state index >= 15 is 0 Å². The van der Waals surface area contributed by atoms with E-state index in [2.05, 4.69) is 10.3 Å². The fraction of sp³-hybridized carbons (Fsp3) is 0.0769. The number of rotatable bonds is 5. The summed E-state index contributed by atoms with van der Waals surface area (Å²) in [6.45, 7) is 1.96. The summed E-state index contributed by atoms with van der Waals surface area (Å²) in [6, 6.07) is 16.3. The second kappa shape index (κ2) is 10.7. The van der Waals surface area contributed by atoms with Crippen molar-refractivity contribution in [2.24, 2.45) is 0 Å². The number of thiophene rings is 1. The summed E-state index contributed by atoms with van der Waals surface area (Å²) in [7, 11) is 0. The van der Waals surface area contributed by atoms with Gasteiger partial charge in [-0.1, -0.05) is 36.4 Å². The van der Waals surface area contributed by atoms with E-state index in [0.717, 1.165) is 38.2 Å². The summed E-state index contributed by atoms with van der Waals surface area (Å²) in [5.74, 6) is -0.315. The highest BCUT2D eigenvalue weighted by atomic mass is 35.5. The van der Waals surface area contributed by atoms with Crippen LogP contribution in [0.25, 0.3) is 16.3 Å². The molecule has 174 valence electrons. The number of alkyl halides is 3. The van der Waals surface area contributed by atoms with Gasteiger partial charge in [-0.2, -0.15) is 13.2 Å². The molecule has 1 amide bonds. The summed E-state index contributed by atoms with van der Waals surface area (Å²) in [6.07, 6.45) is 3.73. The number of nitrogens with one attached hydrogen (secondary N) is 1. The van der Waals surface area contributed by atoms with Crippen LogP contribution >= 0.6 is 23.7 Å². The first-order valence-corrected chi connectivity index (χ1v) is 10.9. The summed E-state index contributed by atoms with van der Waals surface area (Å²) in [4.78, 5) is 18.6. The van der Waals surface area contributed by atoms with E-state index in [0.29, 0.717) is 11.3 Å². The van der Waals surface area contributed by atoms with Gasteiger partial charge < -0.3 is 5.32 Å². The third-order valence-electron chi connectivity index (χ3n) is 4.98. The quantitative estimate of drug-likeness (QED) is 0.225. The number of amides is 1. The predicted octanol–water partition coefficient (Wildman–Crippen LogP) is 7.67. The van der Waals surface area contributed by atoms with Gasteiger partial charge in [0.05, 0.1) is 5.56 Å². The molecule has 0 spiro atoms. The number of aryl methyl sites for hydroxylation is 1. The number of anilines is 1. The normalized spacial score (nSPS) is 12.1. The minimum Gasteiger partial charge on any atom is -0.322 e. The highest BCUT2D eigenvalue weighted by Gasteiger charge is 2.30. The van der Waals surface area contributed by atoms with Crippen LogP contribution in [-0.4, -0.2) is 10.9 Å². The van der Waals surface area contributed by atoms with E-state index in [1.807, 2.05) is 43.3 Å². The van der Waals surface area contributed by atoms with Crippen molar-refractivity contribution < 1.29 is 18.0 Å². The molecule has 0 bridgehead atoms. The number of aromatic nitrogens is 1. The lowest BCUT2D eigenvalue weighted by atomic mass is 10.0. The number of hydrogen-bond acceptors (Lipinski definition) is 3. The largest absolute Gasteiger partial charge is 0.416 e. The van der Waals surface area contributed by atoms with Gasteiger partial charge in [0.2, 0.25) is 5.91 Å². The number of fused-ring (bicyclic) bond motifs is 1. The van der Waals surface area contributed by atoms with Crippen LogP contribution in [0, 0.1) is 6.92 Å². The topological polar surface area (TPSA) is 42.0 Å². The third kappa shape index (κ3) is 5.92. The maximum Gasteiger partial charge on any atom is 0.416 e. The van der Waals surface area contributed by atoms with Gasteiger partial charge in [-0.25, -0.2) is 0 Å². The van der Waals surface area contributed by atoms with Crippen LogP contribution < -0.4 is 5.32 Å². The maximum atomic E-state index is 12.9. The highest BCUT2D eigenvalue weighted by Crippen LogP contribution is 2.33. The zero-order valence-corrected chi connectivity index (χ0v) is 19.6. The van der Waals surface area contributed by atoms with E-state index in [4.69, 9.17) is 0 Å². The molecule has 0 fully saturated rings. The molecule has 34 heavy (non-hydrogen) atoms. The summed E-state index contributed by atoms with van der Waals surface area (Å²) in [5.41, 5.74) is 1.34. The number of pyridine rings is 1. The number of carbonyl (C=O) groups excluding carboxylic acids is 1. The fourth-order valence-electron chi connectivity index (χ4n) is 3.38. The van der Waals surface area contributed by atoms with Gasteiger partial charge in [-0.05, 0) is 54.5 Å². The van der Waals surface area contributed by atoms with Crippen LogP contribution in [0.4, 0.5) is 18.9 Å². The van der Waals surface area contributed by atoms with Gasteiger partial charge in [0, 0.05) is 44.7 Å². The van der Waals surface area contributed by atoms with Crippen molar-refractivity contribution in [2.45, 2.75) is 13.1 Å². The summed E-state index contributed by atoms with van der Waals surface area (Å²) >= 11 is 1.53. The van der Waals surface area contributed by atoms with Crippen LogP contribution in [0.15, 0.2) is 91.3 Å². The molecule has 0 saturated heterocycles. The molecular formula is C26H20ClF3N2OS. The number of benzene rings is 2. The zero-order valence-electron chi connectivity index (χ0n) is 18.0. The number of hydrogen-bond donors (Lipinski definition) is 1. The van der Waals surface area contributed by atoms with Crippen molar-refractivity contribution >= 4 is 51.7 Å². The first-order valence-electron chi connectivity index (χ1n) is 10.1. The number of carbonyl (C=O) groups is 1. The average Bonchev–Trinajstić information content (AvgIpc) is 3.22. The Morgan fingerprint density at radius 3 is 2.47 bits per heavy atom. The first-order chi connectivity index (χ1) is 15.8. The van der Waals surface area contributed by atoms with Gasteiger partial charge in [-0.15, -0.1) is 23.7 Å². The average molecular weight is 501 g/mol. The Labute approximate surface area is 205 Å². The predicted molar refractivity (Wildman–Crippen MR) is 134 cm³/mol. The molecule has 0 aliphatic rings. The molecule has 2 heterocycles. The van der Waals surface area contributed by atoms with Crippen molar-refractivity contribution in [1.82, 2.24) is 4.98 Å². The highest BCUT2D eigenvalue weighted by molar-refractivity contribution is 7.13. The van der Waals surface area contributed by atoms with Gasteiger partial charge in [0.1, 0.15) is 0 Å². The van der Waals surface area contributed by atoms with E-state index in [1.165, 1.54) is 29.5 Å². The number of halogens is 4. The summed E-state index contributed by atoms with van der Waals surface area (Å²) in [5, 5.41) is 4.65. The summed E-state index contributed by atoms with van der Waals surface area (Å²) < 4.78 is 38.8. The molecule has 2 aromatic heterocycles. The molecular weight excluding hydrogens is 481 g/mol. The van der Waals surface area contributed by atoms with Crippen molar-refractivity contribution in [3.05, 3.63) is 112 Å². The van der Waals surface area contributed by atoms with Gasteiger partial charge in [0.25, 0.3) is 0 Å². The molecule has 8 heteroatoms. The van der Waals surface area contributed by atoms with Crippen LogP contribution in [0.2, 0.25) is 0 Å². The lowest BCUT2D eigenvalue weighted by molar-refractivity contribution is -0.137. The lowest BCUT2D eigenvalue weighted by Crippen LogP contribution is -2.08. The Hall–Kier alpha value is -3.42. The molecule has 4 rings (SSSR count). The monoisotopic (exact) mass is 500 g/mol. The van der Waals surface area contributed by atoms with Crippen LogP contribution in [0.5, 0.6) is 0 Å². The van der Waals surface area contributed by atoms with E-state index in [-0.39, 0.29) is 18.3 Å². The molecule has 0 aliphatic carbocycles. The molecule has 0 unspecified atom stereocenters. The van der Waals surface area contributed by atoms with E-state index in [1.54, 1.807) is 24.5 Å². The van der Waals surface area contributed by atoms with Crippen molar-refractivity contribution in [3.8, 4) is 0 Å². The zero-order chi connectivity index (χ0) is 23.4. The van der Waals surface area contributed by atoms with Crippen LogP contribution in [0.3, 0.4) is 0 Å². The number of nitrogens with zero attached hydrogens (tertiary/aromatic N) is 1. The standard InChI is InChI=1S/C26H19F3N2OS.ClH/c1-17-8-13-24(33-17)22(18-9-11-20(12-10-18)26(27,28)29)5-3-7-25(32)31-23-6-2-4-19-16-30-15-14-21(19)23;/h2-16H,1H3,(H,31,32);1H. The molecule has 0 atom stereocenters. The molecule has 0 radical (unpaired) electrons. The molecule has 0 aliphatic heterocycles. The minimum atomic E-state index is -4.39. The Morgan fingerprint density at radius 1 is 1.03 bits per heavy atom. The Balaban J connectivity index is 0.00000324. The lowest BCUT2D eigenvalue weighted by Gasteiger charge is -2.09. The SMILES string of the molecule is Cc1ccc(C(=CC=CC(=O)Nc2cccc3cnccc23)c2ccc(C(F)(F)F)cc2)s1.Cl. The molecule has 0 saturated carbocycles. The van der Waals surface area contributed by atoms with E-state index in [9.17, 15) is 18.0 Å². The first kappa shape index (κ1) is 25.2. The van der Waals surface area contributed by atoms with Crippen molar-refractivity contribution in [2.75, 3.05) is 5.32 Å². The van der Waals surface area contributed by atoms with Gasteiger partial charge >= 0.3 is 6.18 Å². The van der Waals surface area contributed by atoms with Crippen LogP contribution in [-0.2, 0) is 11.0 Å². The molecule has 1 N–H and O–H groups in total. The molecule has 4 aromatic rings. The van der Waals surface area contributed by atoms with Crippen molar-refractivity contribution in [1.29, 1.82) is 0 Å². The smallest absolute Gasteiger partial charge is 0.322 e.